The van der Waals surface area contributed by atoms with Gasteiger partial charge in [0.2, 0.25) is 0 Å². The van der Waals surface area contributed by atoms with Crippen molar-refractivity contribution >= 4 is 12.4 Å². The van der Waals surface area contributed by atoms with Gasteiger partial charge in [-0.3, -0.25) is 4.79 Å². The van der Waals surface area contributed by atoms with Crippen LogP contribution >= 0.6 is 0 Å². The van der Waals surface area contributed by atoms with Crippen molar-refractivity contribution < 1.29 is 9.18 Å². The standard InChI is InChI=1S/C10H9FO/c1-8-7-9(3-2-6-12)4-5-10(8)11/h2-7H,1H3. The van der Waals surface area contributed by atoms with Gasteiger partial charge < -0.3 is 0 Å². The Morgan fingerprint density at radius 3 is 2.75 bits per heavy atom. The molecule has 1 aromatic rings. The number of benzene rings is 1. The second-order valence-corrected chi connectivity index (χ2v) is 2.50. The molecule has 2 heteroatoms. The van der Waals surface area contributed by atoms with Crippen LogP contribution in [-0.4, -0.2) is 6.29 Å². The second-order valence-electron chi connectivity index (χ2n) is 2.50. The molecule has 0 saturated carbocycles. The summed E-state index contributed by atoms with van der Waals surface area (Å²) in [5, 5.41) is 0. The molecule has 0 saturated heterocycles. The van der Waals surface area contributed by atoms with E-state index in [0.29, 0.717) is 11.8 Å². The summed E-state index contributed by atoms with van der Waals surface area (Å²) in [6.07, 6.45) is 3.71. The number of carbonyl (C=O) groups excluding carboxylic acids is 1. The predicted octanol–water partition coefficient (Wildman–Crippen LogP) is 2.35. The van der Waals surface area contributed by atoms with Gasteiger partial charge in [0.25, 0.3) is 0 Å². The molecule has 1 aromatic carbocycles. The maximum absolute atomic E-state index is 12.7. The molecule has 0 aliphatic carbocycles. The molecular formula is C10H9FO. The molecular weight excluding hydrogens is 155 g/mol. The maximum atomic E-state index is 12.7. The first kappa shape index (κ1) is 8.65. The molecule has 0 aromatic heterocycles. The van der Waals surface area contributed by atoms with Crippen LogP contribution in [0.25, 0.3) is 6.08 Å². The highest BCUT2D eigenvalue weighted by molar-refractivity contribution is 5.73. The first-order valence-corrected chi connectivity index (χ1v) is 3.62. The van der Waals surface area contributed by atoms with Gasteiger partial charge in [0.1, 0.15) is 12.1 Å². The summed E-state index contributed by atoms with van der Waals surface area (Å²) in [6.45, 7) is 1.69. The zero-order chi connectivity index (χ0) is 8.97. The fourth-order valence-corrected chi connectivity index (χ4v) is 0.922. The Labute approximate surface area is 70.5 Å². The van der Waals surface area contributed by atoms with Crippen LogP contribution in [0.4, 0.5) is 4.39 Å². The van der Waals surface area contributed by atoms with Crippen LogP contribution in [0.1, 0.15) is 11.1 Å². The summed E-state index contributed by atoms with van der Waals surface area (Å²) >= 11 is 0. The van der Waals surface area contributed by atoms with E-state index in [4.69, 9.17) is 0 Å². The van der Waals surface area contributed by atoms with Gasteiger partial charge in [-0.25, -0.2) is 4.39 Å². The third-order valence-corrected chi connectivity index (χ3v) is 1.55. The summed E-state index contributed by atoms with van der Waals surface area (Å²) in [7, 11) is 0. The smallest absolute Gasteiger partial charge is 0.142 e. The molecule has 0 fully saturated rings. The molecule has 1 nitrogen and oxygen atoms in total. The zero-order valence-corrected chi connectivity index (χ0v) is 6.75. The Morgan fingerprint density at radius 2 is 2.17 bits per heavy atom. The van der Waals surface area contributed by atoms with E-state index in [1.54, 1.807) is 25.1 Å². The first-order valence-electron chi connectivity index (χ1n) is 3.62. The lowest BCUT2D eigenvalue weighted by Gasteiger charge is -1.96. The predicted molar refractivity (Wildman–Crippen MR) is 46.2 cm³/mol. The number of carbonyl (C=O) groups is 1. The fourth-order valence-electron chi connectivity index (χ4n) is 0.922. The lowest BCUT2D eigenvalue weighted by atomic mass is 10.1. The molecule has 0 radical (unpaired) electrons. The average molecular weight is 164 g/mol. The van der Waals surface area contributed by atoms with Crippen LogP contribution in [0.2, 0.25) is 0 Å². The topological polar surface area (TPSA) is 17.1 Å². The molecule has 0 aliphatic heterocycles. The Kier molecular flexibility index (Phi) is 2.75. The molecule has 0 N–H and O–H groups in total. The third-order valence-electron chi connectivity index (χ3n) is 1.55. The van der Waals surface area contributed by atoms with Crippen molar-refractivity contribution in [1.29, 1.82) is 0 Å². The Balaban J connectivity index is 2.96. The van der Waals surface area contributed by atoms with Gasteiger partial charge in [-0.05, 0) is 36.3 Å². The van der Waals surface area contributed by atoms with E-state index in [9.17, 15) is 9.18 Å². The van der Waals surface area contributed by atoms with Gasteiger partial charge in [-0.15, -0.1) is 0 Å². The molecule has 12 heavy (non-hydrogen) atoms. The van der Waals surface area contributed by atoms with Crippen LogP contribution in [0, 0.1) is 12.7 Å². The normalized spacial score (nSPS) is 10.5. The van der Waals surface area contributed by atoms with Crippen LogP contribution in [-0.2, 0) is 4.79 Å². The monoisotopic (exact) mass is 164 g/mol. The van der Waals surface area contributed by atoms with Crippen molar-refractivity contribution in [2.45, 2.75) is 6.92 Å². The highest BCUT2D eigenvalue weighted by atomic mass is 19.1. The van der Waals surface area contributed by atoms with E-state index in [1.165, 1.54) is 12.1 Å². The third kappa shape index (κ3) is 2.02. The van der Waals surface area contributed by atoms with Crippen molar-refractivity contribution in [2.75, 3.05) is 0 Å². The van der Waals surface area contributed by atoms with E-state index in [0.717, 1.165) is 5.56 Å². The minimum atomic E-state index is -0.224. The van der Waals surface area contributed by atoms with Crippen LogP contribution in [0.15, 0.2) is 24.3 Å². The number of halogens is 1. The van der Waals surface area contributed by atoms with Crippen molar-refractivity contribution in [3.05, 3.63) is 41.2 Å². The summed E-state index contributed by atoms with van der Waals surface area (Å²) < 4.78 is 12.7. The van der Waals surface area contributed by atoms with E-state index in [2.05, 4.69) is 0 Å². The Hall–Kier alpha value is -1.44. The van der Waals surface area contributed by atoms with Gasteiger partial charge in [0.05, 0.1) is 0 Å². The summed E-state index contributed by atoms with van der Waals surface area (Å²) in [5.41, 5.74) is 1.42. The van der Waals surface area contributed by atoms with Crippen molar-refractivity contribution in [2.24, 2.45) is 0 Å². The maximum Gasteiger partial charge on any atom is 0.142 e. The average Bonchev–Trinajstić information content (AvgIpc) is 2.07. The van der Waals surface area contributed by atoms with Crippen molar-refractivity contribution in [3.8, 4) is 0 Å². The lowest BCUT2D eigenvalue weighted by Crippen LogP contribution is -1.82. The molecule has 0 aliphatic rings. The molecule has 0 unspecified atom stereocenters. The number of aryl methyl sites for hydroxylation is 1. The molecule has 0 amide bonds. The van der Waals surface area contributed by atoms with Gasteiger partial charge >= 0.3 is 0 Å². The molecule has 0 heterocycles. The number of hydrogen-bond donors (Lipinski definition) is 0. The van der Waals surface area contributed by atoms with Crippen LogP contribution in [0.3, 0.4) is 0 Å². The summed E-state index contributed by atoms with van der Waals surface area (Å²) in [5.74, 6) is -0.224. The van der Waals surface area contributed by atoms with Crippen molar-refractivity contribution in [1.82, 2.24) is 0 Å². The largest absolute Gasteiger partial charge is 0.299 e. The molecule has 0 bridgehead atoms. The fraction of sp³-hybridized carbons (Fsp3) is 0.100. The van der Waals surface area contributed by atoms with Crippen molar-refractivity contribution in [3.63, 3.8) is 0 Å². The van der Waals surface area contributed by atoms with Gasteiger partial charge in [0.15, 0.2) is 0 Å². The number of hydrogen-bond acceptors (Lipinski definition) is 1. The number of rotatable bonds is 2. The van der Waals surface area contributed by atoms with E-state index in [-0.39, 0.29) is 5.82 Å². The van der Waals surface area contributed by atoms with E-state index in [1.807, 2.05) is 0 Å². The molecule has 0 atom stereocenters. The SMILES string of the molecule is Cc1cc(C=CC=O)ccc1F. The number of allylic oxidation sites excluding steroid dienone is 1. The van der Waals surface area contributed by atoms with E-state index < -0.39 is 0 Å². The Bertz CT molecular complexity index is 316. The first-order chi connectivity index (χ1) is 5.74. The van der Waals surface area contributed by atoms with Gasteiger partial charge in [-0.2, -0.15) is 0 Å². The van der Waals surface area contributed by atoms with E-state index >= 15 is 0 Å². The number of aldehydes is 1. The highest BCUT2D eigenvalue weighted by Crippen LogP contribution is 2.09. The van der Waals surface area contributed by atoms with Gasteiger partial charge in [0, 0.05) is 0 Å². The summed E-state index contributed by atoms with van der Waals surface area (Å²) in [4.78, 5) is 9.97. The lowest BCUT2D eigenvalue weighted by molar-refractivity contribution is -0.104. The minimum Gasteiger partial charge on any atom is -0.299 e. The minimum absolute atomic E-state index is 0.224. The van der Waals surface area contributed by atoms with Crippen LogP contribution in [0.5, 0.6) is 0 Å². The van der Waals surface area contributed by atoms with Crippen LogP contribution < -0.4 is 0 Å². The molecule has 62 valence electrons. The molecule has 0 spiro atoms. The highest BCUT2D eigenvalue weighted by Gasteiger charge is 1.95. The molecule has 1 rings (SSSR count). The Morgan fingerprint density at radius 1 is 1.42 bits per heavy atom. The summed E-state index contributed by atoms with van der Waals surface area (Å²) in [6, 6.07) is 4.71. The second kappa shape index (κ2) is 3.81. The van der Waals surface area contributed by atoms with Gasteiger partial charge in [-0.1, -0.05) is 12.1 Å². The zero-order valence-electron chi connectivity index (χ0n) is 6.75. The quantitative estimate of drug-likeness (QED) is 0.484.